The predicted octanol–water partition coefficient (Wildman–Crippen LogP) is 2.53. The molecule has 29 heavy (non-hydrogen) atoms. The van der Waals surface area contributed by atoms with Crippen LogP contribution in [0.2, 0.25) is 0 Å². The quantitative estimate of drug-likeness (QED) is 0.798. The Morgan fingerprint density at radius 2 is 1.76 bits per heavy atom. The van der Waals surface area contributed by atoms with E-state index in [4.69, 9.17) is 0 Å². The first-order chi connectivity index (χ1) is 14.1. The Balaban J connectivity index is 1.23. The molecule has 2 aliphatic carbocycles. The zero-order chi connectivity index (χ0) is 20.0. The lowest BCUT2D eigenvalue weighted by molar-refractivity contribution is -0.129. The van der Waals surface area contributed by atoms with Gasteiger partial charge in [-0.25, -0.2) is 9.59 Å². The Morgan fingerprint density at radius 1 is 1.00 bits per heavy atom. The molecule has 2 saturated heterocycles. The van der Waals surface area contributed by atoms with E-state index in [0.717, 1.165) is 32.1 Å². The highest BCUT2D eigenvalue weighted by molar-refractivity contribution is 6.05. The molecule has 0 spiro atoms. The molecule has 3 atom stereocenters. The Bertz CT molecular complexity index is 808. The SMILES string of the molecule is O=C(NC1CCCCC1)N1CCN2C(=O)N([C@@H]3C[C@H]3c3ccccc3)C(=O)C2C1. The fourth-order valence-electron chi connectivity index (χ4n) is 5.14. The first-order valence-electron chi connectivity index (χ1n) is 10.9. The summed E-state index contributed by atoms with van der Waals surface area (Å²) in [6, 6.07) is 9.44. The topological polar surface area (TPSA) is 73.0 Å². The number of hydrogen-bond acceptors (Lipinski definition) is 3. The summed E-state index contributed by atoms with van der Waals surface area (Å²) in [5.41, 5.74) is 1.18. The molecule has 1 aromatic carbocycles. The molecule has 4 aliphatic rings. The average Bonchev–Trinajstić information content (AvgIpc) is 3.50. The van der Waals surface area contributed by atoms with Gasteiger partial charge in [-0.15, -0.1) is 0 Å². The van der Waals surface area contributed by atoms with Crippen molar-refractivity contribution in [2.24, 2.45) is 0 Å². The number of carbonyl (C=O) groups excluding carboxylic acids is 3. The van der Waals surface area contributed by atoms with E-state index >= 15 is 0 Å². The summed E-state index contributed by atoms with van der Waals surface area (Å²) in [4.78, 5) is 43.5. The highest BCUT2D eigenvalue weighted by Crippen LogP contribution is 2.46. The van der Waals surface area contributed by atoms with E-state index in [1.54, 1.807) is 9.80 Å². The van der Waals surface area contributed by atoms with Gasteiger partial charge in [-0.1, -0.05) is 49.6 Å². The number of fused-ring (bicyclic) bond motifs is 1. The maximum absolute atomic E-state index is 13.1. The third-order valence-corrected chi connectivity index (χ3v) is 6.89. The lowest BCUT2D eigenvalue weighted by Crippen LogP contribution is -2.57. The van der Waals surface area contributed by atoms with Gasteiger partial charge in [-0.05, 0) is 24.8 Å². The van der Waals surface area contributed by atoms with Crippen LogP contribution in [0.4, 0.5) is 9.59 Å². The van der Waals surface area contributed by atoms with Crippen LogP contribution in [0.1, 0.15) is 50.0 Å². The van der Waals surface area contributed by atoms with Crippen LogP contribution < -0.4 is 5.32 Å². The summed E-state index contributed by atoms with van der Waals surface area (Å²) in [5.74, 6) is 0.0877. The van der Waals surface area contributed by atoms with Gasteiger partial charge in [0.1, 0.15) is 6.04 Å². The summed E-state index contributed by atoms with van der Waals surface area (Å²) in [7, 11) is 0. The summed E-state index contributed by atoms with van der Waals surface area (Å²) < 4.78 is 0. The highest BCUT2D eigenvalue weighted by atomic mass is 16.2. The molecule has 154 valence electrons. The minimum absolute atomic E-state index is 0.0486. The van der Waals surface area contributed by atoms with Crippen molar-refractivity contribution in [1.29, 1.82) is 0 Å². The van der Waals surface area contributed by atoms with Crippen molar-refractivity contribution in [3.63, 3.8) is 0 Å². The second kappa shape index (κ2) is 7.35. The smallest absolute Gasteiger partial charge is 0.327 e. The molecular weight excluding hydrogens is 368 g/mol. The van der Waals surface area contributed by atoms with E-state index in [-0.39, 0.29) is 36.0 Å². The monoisotopic (exact) mass is 396 g/mol. The first kappa shape index (κ1) is 18.5. The summed E-state index contributed by atoms with van der Waals surface area (Å²) >= 11 is 0. The number of nitrogens with one attached hydrogen (secondary N) is 1. The van der Waals surface area contributed by atoms with E-state index in [2.05, 4.69) is 17.4 Å². The van der Waals surface area contributed by atoms with Gasteiger partial charge in [0.25, 0.3) is 5.91 Å². The van der Waals surface area contributed by atoms with Crippen LogP contribution in [0, 0.1) is 0 Å². The largest absolute Gasteiger partial charge is 0.335 e. The van der Waals surface area contributed by atoms with Crippen molar-refractivity contribution in [2.45, 2.75) is 62.6 Å². The Hall–Kier alpha value is -2.57. The number of urea groups is 2. The van der Waals surface area contributed by atoms with Gasteiger partial charge in [-0.3, -0.25) is 9.69 Å². The zero-order valence-corrected chi connectivity index (χ0v) is 16.6. The molecule has 5 rings (SSSR count). The molecule has 7 heteroatoms. The van der Waals surface area contributed by atoms with Gasteiger partial charge in [0.05, 0.1) is 6.54 Å². The number of piperazine rings is 1. The number of rotatable bonds is 3. The highest BCUT2D eigenvalue weighted by Gasteiger charge is 2.56. The Kier molecular flexibility index (Phi) is 4.68. The van der Waals surface area contributed by atoms with Crippen molar-refractivity contribution >= 4 is 18.0 Å². The first-order valence-corrected chi connectivity index (χ1v) is 10.9. The van der Waals surface area contributed by atoms with Gasteiger partial charge in [0.2, 0.25) is 0 Å². The third kappa shape index (κ3) is 3.36. The molecular formula is C22H28N4O3. The summed E-state index contributed by atoms with van der Waals surface area (Å²) in [5, 5.41) is 3.13. The Morgan fingerprint density at radius 3 is 2.52 bits per heavy atom. The molecule has 0 aromatic heterocycles. The maximum atomic E-state index is 13.1. The van der Waals surface area contributed by atoms with Crippen molar-refractivity contribution in [2.75, 3.05) is 19.6 Å². The second-order valence-electron chi connectivity index (χ2n) is 8.75. The minimum atomic E-state index is -0.537. The van der Waals surface area contributed by atoms with Crippen molar-refractivity contribution in [3.05, 3.63) is 35.9 Å². The van der Waals surface area contributed by atoms with Gasteiger partial charge < -0.3 is 15.1 Å². The number of benzene rings is 1. The van der Waals surface area contributed by atoms with E-state index < -0.39 is 6.04 Å². The molecule has 7 nitrogen and oxygen atoms in total. The average molecular weight is 396 g/mol. The molecule has 1 N–H and O–H groups in total. The number of amides is 5. The molecule has 4 fully saturated rings. The molecule has 1 unspecified atom stereocenters. The van der Waals surface area contributed by atoms with E-state index in [0.29, 0.717) is 19.6 Å². The summed E-state index contributed by atoms with van der Waals surface area (Å²) in [6.45, 7) is 1.20. The van der Waals surface area contributed by atoms with Crippen LogP contribution >= 0.6 is 0 Å². The molecule has 0 bridgehead atoms. The van der Waals surface area contributed by atoms with Crippen molar-refractivity contribution in [3.8, 4) is 0 Å². The van der Waals surface area contributed by atoms with Gasteiger partial charge in [0, 0.05) is 31.1 Å². The van der Waals surface area contributed by atoms with Crippen LogP contribution in [0.25, 0.3) is 0 Å². The van der Waals surface area contributed by atoms with Crippen LogP contribution in [-0.4, -0.2) is 70.4 Å². The Labute approximate surface area is 171 Å². The maximum Gasteiger partial charge on any atom is 0.327 e. The number of carbonyl (C=O) groups is 3. The normalized spacial score (nSPS) is 29.8. The van der Waals surface area contributed by atoms with Gasteiger partial charge >= 0.3 is 12.1 Å². The predicted molar refractivity (Wildman–Crippen MR) is 107 cm³/mol. The van der Waals surface area contributed by atoms with Crippen LogP contribution in [-0.2, 0) is 4.79 Å². The third-order valence-electron chi connectivity index (χ3n) is 6.89. The number of hydrogen-bond donors (Lipinski definition) is 1. The number of imide groups is 1. The molecule has 1 aromatic rings. The summed E-state index contributed by atoms with van der Waals surface area (Å²) in [6.07, 6.45) is 6.45. The molecule has 2 aliphatic heterocycles. The fraction of sp³-hybridized carbons (Fsp3) is 0.591. The number of nitrogens with zero attached hydrogens (tertiary/aromatic N) is 3. The van der Waals surface area contributed by atoms with Crippen LogP contribution in [0.15, 0.2) is 30.3 Å². The van der Waals surface area contributed by atoms with Crippen LogP contribution in [0.3, 0.4) is 0 Å². The van der Waals surface area contributed by atoms with Gasteiger partial charge in [-0.2, -0.15) is 0 Å². The zero-order valence-electron chi connectivity index (χ0n) is 16.6. The minimum Gasteiger partial charge on any atom is -0.335 e. The molecule has 5 amide bonds. The van der Waals surface area contributed by atoms with Gasteiger partial charge in [0.15, 0.2) is 0 Å². The van der Waals surface area contributed by atoms with E-state index in [1.165, 1.54) is 16.9 Å². The molecule has 2 heterocycles. The standard InChI is InChI=1S/C22H28N4O3/c27-20-19-14-24(21(28)23-16-9-5-2-6-10-16)11-12-25(19)22(29)26(20)18-13-17(18)15-7-3-1-4-8-15/h1,3-4,7-8,16-19H,2,5-6,9-14H2,(H,23,28)/t17-,18+,19?/m0/s1. The lowest BCUT2D eigenvalue weighted by atomic mass is 9.96. The van der Waals surface area contributed by atoms with E-state index in [9.17, 15) is 14.4 Å². The molecule has 0 radical (unpaired) electrons. The fourth-order valence-corrected chi connectivity index (χ4v) is 5.14. The molecule has 2 saturated carbocycles. The lowest BCUT2D eigenvalue weighted by Gasteiger charge is -2.36. The van der Waals surface area contributed by atoms with Crippen LogP contribution in [0.5, 0.6) is 0 Å². The second-order valence-corrected chi connectivity index (χ2v) is 8.75. The van der Waals surface area contributed by atoms with Crippen molar-refractivity contribution < 1.29 is 14.4 Å². The van der Waals surface area contributed by atoms with Crippen molar-refractivity contribution in [1.82, 2.24) is 20.0 Å². The van der Waals surface area contributed by atoms with E-state index in [1.807, 2.05) is 18.2 Å².